The molecule has 7 heteroatoms. The largest absolute Gasteiger partial charge is 0.350 e. The summed E-state index contributed by atoms with van der Waals surface area (Å²) in [4.78, 5) is 20.1. The van der Waals surface area contributed by atoms with Crippen molar-refractivity contribution in [3.8, 4) is 0 Å². The molecule has 0 aliphatic carbocycles. The van der Waals surface area contributed by atoms with Crippen molar-refractivity contribution in [2.75, 3.05) is 5.32 Å². The summed E-state index contributed by atoms with van der Waals surface area (Å²) in [6.45, 7) is 2.44. The Balaban J connectivity index is 1.44. The van der Waals surface area contributed by atoms with Crippen LogP contribution in [0.2, 0.25) is 0 Å². The Morgan fingerprint density at radius 1 is 1.00 bits per heavy atom. The molecule has 0 aromatic carbocycles. The summed E-state index contributed by atoms with van der Waals surface area (Å²) < 4.78 is 13.1. The summed E-state index contributed by atoms with van der Waals surface area (Å²) >= 11 is 0. The van der Waals surface area contributed by atoms with Gasteiger partial charge in [-0.2, -0.15) is 0 Å². The molecule has 0 bridgehead atoms. The van der Waals surface area contributed by atoms with Gasteiger partial charge in [0, 0.05) is 49.3 Å². The van der Waals surface area contributed by atoms with Crippen LogP contribution < -0.4 is 5.32 Å². The minimum absolute atomic E-state index is 0.357. The van der Waals surface area contributed by atoms with Crippen molar-refractivity contribution >= 4 is 17.0 Å². The molecule has 0 spiro atoms. The van der Waals surface area contributed by atoms with Crippen molar-refractivity contribution in [1.82, 2.24) is 24.9 Å². The summed E-state index contributed by atoms with van der Waals surface area (Å²) in [5, 5.41) is 4.18. The molecule has 6 nitrogen and oxygen atoms in total. The van der Waals surface area contributed by atoms with E-state index in [2.05, 4.69) is 36.3 Å². The number of rotatable bonds is 5. The van der Waals surface area contributed by atoms with E-state index in [1.54, 1.807) is 18.6 Å². The van der Waals surface area contributed by atoms with Gasteiger partial charge in [-0.1, -0.05) is 0 Å². The highest BCUT2D eigenvalue weighted by molar-refractivity contribution is 5.80. The first-order chi connectivity index (χ1) is 12.7. The van der Waals surface area contributed by atoms with Crippen LogP contribution in [-0.2, 0) is 13.0 Å². The van der Waals surface area contributed by atoms with E-state index in [0.29, 0.717) is 12.5 Å². The first-order valence-corrected chi connectivity index (χ1v) is 8.24. The maximum atomic E-state index is 13.1. The summed E-state index contributed by atoms with van der Waals surface area (Å²) in [6, 6.07) is 3.55. The van der Waals surface area contributed by atoms with Gasteiger partial charge < -0.3 is 10.3 Å². The highest BCUT2D eigenvalue weighted by atomic mass is 19.1. The Kier molecular flexibility index (Phi) is 4.27. The Labute approximate surface area is 149 Å². The number of aromatic nitrogens is 5. The number of hydrogen-bond acceptors (Lipinski definition) is 5. The van der Waals surface area contributed by atoms with E-state index in [1.165, 1.54) is 12.3 Å². The molecule has 130 valence electrons. The number of aryl methyl sites for hydroxylation is 1. The number of nitrogens with zero attached hydrogens (tertiary/aromatic N) is 4. The van der Waals surface area contributed by atoms with Crippen LogP contribution in [0.1, 0.15) is 22.3 Å². The van der Waals surface area contributed by atoms with Gasteiger partial charge in [0.1, 0.15) is 11.5 Å². The van der Waals surface area contributed by atoms with Gasteiger partial charge in [0.2, 0.25) is 5.95 Å². The molecule has 4 aromatic rings. The second-order valence-corrected chi connectivity index (χ2v) is 6.18. The maximum Gasteiger partial charge on any atom is 0.222 e. The molecule has 0 atom stereocenters. The second-order valence-electron chi connectivity index (χ2n) is 6.18. The maximum absolute atomic E-state index is 13.1. The number of fused-ring (bicyclic) bond motifs is 1. The van der Waals surface area contributed by atoms with E-state index in [1.807, 2.05) is 19.3 Å². The second kappa shape index (κ2) is 6.87. The third kappa shape index (κ3) is 3.51. The highest BCUT2D eigenvalue weighted by Crippen LogP contribution is 2.20. The van der Waals surface area contributed by atoms with Crippen molar-refractivity contribution < 1.29 is 4.39 Å². The number of H-pyrrole nitrogens is 1. The quantitative estimate of drug-likeness (QED) is 0.578. The number of anilines is 1. The molecule has 0 amide bonds. The van der Waals surface area contributed by atoms with Gasteiger partial charge >= 0.3 is 0 Å². The Bertz CT molecular complexity index is 1040. The lowest BCUT2D eigenvalue weighted by Crippen LogP contribution is -2.04. The lowest BCUT2D eigenvalue weighted by molar-refractivity contribution is 0.619. The fourth-order valence-electron chi connectivity index (χ4n) is 2.80. The van der Waals surface area contributed by atoms with Gasteiger partial charge in [0.05, 0.1) is 6.20 Å². The molecule has 0 saturated heterocycles. The van der Waals surface area contributed by atoms with Crippen LogP contribution in [-0.4, -0.2) is 24.9 Å². The molecule has 4 heterocycles. The number of hydrogen-bond donors (Lipinski definition) is 2. The van der Waals surface area contributed by atoms with Crippen molar-refractivity contribution in [2.24, 2.45) is 0 Å². The molecule has 0 aliphatic heterocycles. The third-order valence-electron chi connectivity index (χ3n) is 4.07. The zero-order chi connectivity index (χ0) is 17.9. The smallest absolute Gasteiger partial charge is 0.222 e. The zero-order valence-electron chi connectivity index (χ0n) is 14.2. The molecule has 0 radical (unpaired) electrons. The molecule has 26 heavy (non-hydrogen) atoms. The molecule has 0 aliphatic rings. The summed E-state index contributed by atoms with van der Waals surface area (Å²) in [5.41, 5.74) is 4.91. The standard InChI is InChI=1S/C19H17FN6/c1-12-2-17-15(10-23-18(17)22-5-12)3-13-7-24-19(25-8-13)26-9-14-4-16(20)11-21-6-14/h2,4-8,10-11H,3,9H2,1H3,(H,22,23)(H,24,25,26). The minimum atomic E-state index is -0.357. The van der Waals surface area contributed by atoms with E-state index in [4.69, 9.17) is 0 Å². The van der Waals surface area contributed by atoms with Gasteiger partial charge in [-0.3, -0.25) is 4.98 Å². The normalized spacial score (nSPS) is 11.0. The lowest BCUT2D eigenvalue weighted by Gasteiger charge is -2.06. The molecular weight excluding hydrogens is 331 g/mol. The SMILES string of the molecule is Cc1cnc2[nH]cc(Cc3cnc(NCc4cncc(F)c4)nc3)c2c1. The van der Waals surface area contributed by atoms with Crippen molar-refractivity contribution in [3.05, 3.63) is 77.4 Å². The van der Waals surface area contributed by atoms with Gasteiger partial charge in [-0.05, 0) is 41.3 Å². The van der Waals surface area contributed by atoms with E-state index < -0.39 is 0 Å². The molecule has 0 fully saturated rings. The van der Waals surface area contributed by atoms with Crippen LogP contribution in [0, 0.1) is 12.7 Å². The number of aromatic amines is 1. The molecule has 2 N–H and O–H groups in total. The molecule has 0 unspecified atom stereocenters. The van der Waals surface area contributed by atoms with E-state index in [0.717, 1.165) is 39.7 Å². The van der Waals surface area contributed by atoms with Crippen LogP contribution in [0.3, 0.4) is 0 Å². The van der Waals surface area contributed by atoms with Crippen molar-refractivity contribution in [3.63, 3.8) is 0 Å². The van der Waals surface area contributed by atoms with Crippen LogP contribution in [0.15, 0.2) is 49.3 Å². The summed E-state index contributed by atoms with van der Waals surface area (Å²) in [5.74, 6) is 0.137. The topological polar surface area (TPSA) is 79.4 Å². The van der Waals surface area contributed by atoms with Gasteiger partial charge in [0.15, 0.2) is 0 Å². The van der Waals surface area contributed by atoms with E-state index >= 15 is 0 Å². The number of pyridine rings is 2. The predicted octanol–water partition coefficient (Wildman–Crippen LogP) is 3.40. The lowest BCUT2D eigenvalue weighted by atomic mass is 10.1. The Morgan fingerprint density at radius 2 is 1.85 bits per heavy atom. The van der Waals surface area contributed by atoms with Gasteiger partial charge in [-0.15, -0.1) is 0 Å². The van der Waals surface area contributed by atoms with Gasteiger partial charge in [-0.25, -0.2) is 19.3 Å². The first-order valence-electron chi connectivity index (χ1n) is 8.24. The molecule has 0 saturated carbocycles. The molecule has 4 rings (SSSR count). The third-order valence-corrected chi connectivity index (χ3v) is 4.07. The fourth-order valence-corrected chi connectivity index (χ4v) is 2.80. The molecule has 4 aromatic heterocycles. The fraction of sp³-hybridized carbons (Fsp3) is 0.158. The predicted molar refractivity (Wildman–Crippen MR) is 97.2 cm³/mol. The van der Waals surface area contributed by atoms with Crippen LogP contribution in [0.25, 0.3) is 11.0 Å². The van der Waals surface area contributed by atoms with Crippen LogP contribution in [0.5, 0.6) is 0 Å². The molecular formula is C19H17FN6. The first kappa shape index (κ1) is 16.1. The van der Waals surface area contributed by atoms with E-state index in [-0.39, 0.29) is 5.82 Å². The van der Waals surface area contributed by atoms with E-state index in [9.17, 15) is 4.39 Å². The summed E-state index contributed by atoms with van der Waals surface area (Å²) in [7, 11) is 0. The van der Waals surface area contributed by atoms with Crippen molar-refractivity contribution in [2.45, 2.75) is 19.9 Å². The summed E-state index contributed by atoms with van der Waals surface area (Å²) in [6.07, 6.45) is 10.9. The van der Waals surface area contributed by atoms with Crippen LogP contribution >= 0.6 is 0 Å². The number of halogens is 1. The number of nitrogens with one attached hydrogen (secondary N) is 2. The minimum Gasteiger partial charge on any atom is -0.350 e. The van der Waals surface area contributed by atoms with Crippen molar-refractivity contribution in [1.29, 1.82) is 0 Å². The highest BCUT2D eigenvalue weighted by Gasteiger charge is 2.07. The average molecular weight is 348 g/mol. The van der Waals surface area contributed by atoms with Crippen LogP contribution in [0.4, 0.5) is 10.3 Å². The Hall–Kier alpha value is -3.35. The zero-order valence-corrected chi connectivity index (χ0v) is 14.2. The monoisotopic (exact) mass is 348 g/mol. The van der Waals surface area contributed by atoms with Gasteiger partial charge in [0.25, 0.3) is 0 Å². The average Bonchev–Trinajstić information content (AvgIpc) is 3.03. The Morgan fingerprint density at radius 3 is 2.65 bits per heavy atom.